The molecule has 0 amide bonds. The maximum Gasteiger partial charge on any atom is 0.166 e. The molecule has 0 unspecified atom stereocenters. The monoisotopic (exact) mass is 272 g/mol. The molecule has 0 saturated heterocycles. The van der Waals surface area contributed by atoms with E-state index in [0.717, 1.165) is 21.8 Å². The van der Waals surface area contributed by atoms with Gasteiger partial charge >= 0.3 is 0 Å². The van der Waals surface area contributed by atoms with Crippen LogP contribution in [0, 0.1) is 6.92 Å². The topological polar surface area (TPSA) is 82.0 Å². The summed E-state index contributed by atoms with van der Waals surface area (Å²) < 4.78 is 1.68. The van der Waals surface area contributed by atoms with E-state index in [0.29, 0.717) is 11.5 Å². The number of aryl methyl sites for hydroxylation is 1. The lowest BCUT2D eigenvalue weighted by Gasteiger charge is -2.01. The summed E-state index contributed by atoms with van der Waals surface area (Å²) in [7, 11) is 0. The van der Waals surface area contributed by atoms with Crippen LogP contribution in [-0.4, -0.2) is 30.8 Å². The van der Waals surface area contributed by atoms with E-state index in [-0.39, 0.29) is 0 Å². The number of rotatable bonds is 2. The fraction of sp³-hybridized carbons (Fsp3) is 0.167. The molecule has 19 heavy (non-hydrogen) atoms. The number of hydrogen-bond donors (Lipinski definition) is 1. The molecule has 0 aromatic carbocycles. The van der Waals surface area contributed by atoms with Crippen molar-refractivity contribution < 1.29 is 0 Å². The normalized spacial score (nSPS) is 11.1. The first kappa shape index (κ1) is 11.9. The average Bonchev–Trinajstić information content (AvgIpc) is 2.73. The minimum atomic E-state index is 0.420. The highest BCUT2D eigenvalue weighted by molar-refractivity contribution is 7.98. The number of nitrogen functional groups attached to an aromatic ring is 1. The highest BCUT2D eigenvalue weighted by Gasteiger charge is 2.15. The number of fused-ring (bicyclic) bond motifs is 1. The molecule has 3 heterocycles. The van der Waals surface area contributed by atoms with Gasteiger partial charge < -0.3 is 5.73 Å². The predicted octanol–water partition coefficient (Wildman–Crippen LogP) is 1.80. The van der Waals surface area contributed by atoms with Crippen LogP contribution in [0.25, 0.3) is 16.9 Å². The van der Waals surface area contributed by atoms with Crippen molar-refractivity contribution in [3.8, 4) is 11.3 Å². The Bertz CT molecular complexity index is 751. The summed E-state index contributed by atoms with van der Waals surface area (Å²) in [5.41, 5.74) is 9.20. The SMILES string of the molecule is CSc1cc(-c2c(N)nn3cc(C)cnc23)ncn1. The van der Waals surface area contributed by atoms with E-state index in [1.807, 2.05) is 25.4 Å². The highest BCUT2D eigenvalue weighted by Crippen LogP contribution is 2.28. The van der Waals surface area contributed by atoms with Crippen molar-refractivity contribution >= 4 is 23.2 Å². The summed E-state index contributed by atoms with van der Waals surface area (Å²) in [5, 5.41) is 5.16. The lowest BCUT2D eigenvalue weighted by Crippen LogP contribution is -1.92. The molecule has 0 bridgehead atoms. The average molecular weight is 272 g/mol. The molecule has 3 aromatic rings. The van der Waals surface area contributed by atoms with Crippen LogP contribution < -0.4 is 5.73 Å². The van der Waals surface area contributed by atoms with Crippen LogP contribution in [-0.2, 0) is 0 Å². The molecule has 96 valence electrons. The van der Waals surface area contributed by atoms with Crippen molar-refractivity contribution in [3.05, 3.63) is 30.4 Å². The fourth-order valence-electron chi connectivity index (χ4n) is 1.88. The Kier molecular flexibility index (Phi) is 2.83. The first-order chi connectivity index (χ1) is 9.19. The van der Waals surface area contributed by atoms with E-state index in [2.05, 4.69) is 20.1 Å². The largest absolute Gasteiger partial charge is 0.382 e. The first-order valence-corrected chi connectivity index (χ1v) is 6.88. The van der Waals surface area contributed by atoms with Gasteiger partial charge in [0.25, 0.3) is 0 Å². The van der Waals surface area contributed by atoms with E-state index in [9.17, 15) is 0 Å². The minimum absolute atomic E-state index is 0.420. The molecular formula is C12H12N6S. The van der Waals surface area contributed by atoms with Crippen molar-refractivity contribution in [3.63, 3.8) is 0 Å². The maximum atomic E-state index is 5.99. The summed E-state index contributed by atoms with van der Waals surface area (Å²) in [6.07, 6.45) is 7.17. The van der Waals surface area contributed by atoms with Crippen molar-refractivity contribution in [2.24, 2.45) is 0 Å². The van der Waals surface area contributed by atoms with Crippen LogP contribution in [0.2, 0.25) is 0 Å². The van der Waals surface area contributed by atoms with Crippen molar-refractivity contribution in [1.29, 1.82) is 0 Å². The summed E-state index contributed by atoms with van der Waals surface area (Å²) >= 11 is 1.55. The summed E-state index contributed by atoms with van der Waals surface area (Å²) in [6, 6.07) is 1.89. The Labute approximate surface area is 114 Å². The van der Waals surface area contributed by atoms with Gasteiger partial charge in [-0.1, -0.05) is 0 Å². The minimum Gasteiger partial charge on any atom is -0.382 e. The zero-order valence-electron chi connectivity index (χ0n) is 10.5. The van der Waals surface area contributed by atoms with Gasteiger partial charge in [0.2, 0.25) is 0 Å². The Hall–Kier alpha value is -2.15. The first-order valence-electron chi connectivity index (χ1n) is 5.66. The van der Waals surface area contributed by atoms with Gasteiger partial charge in [-0.05, 0) is 24.8 Å². The van der Waals surface area contributed by atoms with Gasteiger partial charge in [-0.25, -0.2) is 19.5 Å². The van der Waals surface area contributed by atoms with E-state index >= 15 is 0 Å². The second-order valence-electron chi connectivity index (χ2n) is 4.11. The van der Waals surface area contributed by atoms with Crippen LogP contribution in [0.4, 0.5) is 5.82 Å². The van der Waals surface area contributed by atoms with Gasteiger partial charge in [-0.15, -0.1) is 16.9 Å². The van der Waals surface area contributed by atoms with E-state index in [1.165, 1.54) is 6.33 Å². The number of nitrogens with two attached hydrogens (primary N) is 1. The van der Waals surface area contributed by atoms with Crippen LogP contribution in [0.5, 0.6) is 0 Å². The van der Waals surface area contributed by atoms with Crippen LogP contribution >= 0.6 is 11.8 Å². The fourth-order valence-corrected chi connectivity index (χ4v) is 2.26. The summed E-state index contributed by atoms with van der Waals surface area (Å²) in [4.78, 5) is 12.8. The number of anilines is 1. The molecule has 7 heteroatoms. The molecule has 0 saturated carbocycles. The zero-order chi connectivity index (χ0) is 13.4. The second kappa shape index (κ2) is 4.51. The molecule has 2 N–H and O–H groups in total. The standard InChI is InChI=1S/C12H12N6S/c1-7-4-14-12-10(11(13)17-18(12)5-7)8-3-9(19-2)16-6-15-8/h3-6H,1-2H3,(H2,13,17). The number of hydrogen-bond acceptors (Lipinski definition) is 6. The van der Waals surface area contributed by atoms with Gasteiger partial charge in [0.15, 0.2) is 11.5 Å². The molecule has 3 aromatic heterocycles. The van der Waals surface area contributed by atoms with Gasteiger partial charge in [0, 0.05) is 12.4 Å². The quantitative estimate of drug-likeness (QED) is 0.566. The zero-order valence-corrected chi connectivity index (χ0v) is 11.3. The maximum absolute atomic E-state index is 5.99. The van der Waals surface area contributed by atoms with Crippen molar-refractivity contribution in [1.82, 2.24) is 24.6 Å². The molecule has 0 aliphatic rings. The summed E-state index contributed by atoms with van der Waals surface area (Å²) in [6.45, 7) is 1.96. The Balaban J connectivity index is 2.26. The number of nitrogens with zero attached hydrogens (tertiary/aromatic N) is 5. The molecule has 6 nitrogen and oxygen atoms in total. The molecule has 3 rings (SSSR count). The van der Waals surface area contributed by atoms with E-state index in [4.69, 9.17) is 5.73 Å². The Morgan fingerprint density at radius 2 is 2.11 bits per heavy atom. The van der Waals surface area contributed by atoms with Gasteiger partial charge in [0.1, 0.15) is 6.33 Å². The van der Waals surface area contributed by atoms with Crippen LogP contribution in [0.3, 0.4) is 0 Å². The molecule has 0 aliphatic heterocycles. The molecule has 0 aliphatic carbocycles. The smallest absolute Gasteiger partial charge is 0.166 e. The Morgan fingerprint density at radius 1 is 1.26 bits per heavy atom. The second-order valence-corrected chi connectivity index (χ2v) is 4.93. The van der Waals surface area contributed by atoms with Gasteiger partial charge in [-0.3, -0.25) is 0 Å². The lowest BCUT2D eigenvalue weighted by atomic mass is 10.2. The molecule has 0 fully saturated rings. The number of aromatic nitrogens is 5. The number of thioether (sulfide) groups is 1. The van der Waals surface area contributed by atoms with Crippen LogP contribution in [0.15, 0.2) is 29.8 Å². The van der Waals surface area contributed by atoms with Crippen molar-refractivity contribution in [2.75, 3.05) is 12.0 Å². The molecular weight excluding hydrogens is 260 g/mol. The Morgan fingerprint density at radius 3 is 2.89 bits per heavy atom. The lowest BCUT2D eigenvalue weighted by molar-refractivity contribution is 0.933. The third kappa shape index (κ3) is 2.01. The predicted molar refractivity (Wildman–Crippen MR) is 74.9 cm³/mol. The van der Waals surface area contributed by atoms with E-state index in [1.54, 1.807) is 22.5 Å². The van der Waals surface area contributed by atoms with E-state index < -0.39 is 0 Å². The third-order valence-electron chi connectivity index (χ3n) is 2.74. The molecule has 0 spiro atoms. The summed E-state index contributed by atoms with van der Waals surface area (Å²) in [5.74, 6) is 0.420. The van der Waals surface area contributed by atoms with Crippen molar-refractivity contribution in [2.45, 2.75) is 11.9 Å². The molecule has 0 atom stereocenters. The highest BCUT2D eigenvalue weighted by atomic mass is 32.2. The van der Waals surface area contributed by atoms with Crippen LogP contribution in [0.1, 0.15) is 5.56 Å². The molecule has 0 radical (unpaired) electrons. The van der Waals surface area contributed by atoms with Gasteiger partial charge in [0.05, 0.1) is 16.3 Å². The third-order valence-corrected chi connectivity index (χ3v) is 3.38. The van der Waals surface area contributed by atoms with Gasteiger partial charge in [-0.2, -0.15) is 0 Å².